The molecular weight excluding hydrogens is 272 g/mol. The largest absolute Gasteiger partial charge is 0.397 e. The number of nitrogens with two attached hydrogens (primary N) is 1. The fraction of sp³-hybridized carbons (Fsp3) is 0.333. The first-order chi connectivity index (χ1) is 8.43. The molecule has 4 nitrogen and oxygen atoms in total. The summed E-state index contributed by atoms with van der Waals surface area (Å²) >= 11 is 5.77. The van der Waals surface area contributed by atoms with Crippen LogP contribution in [0.5, 0.6) is 0 Å². The van der Waals surface area contributed by atoms with Crippen molar-refractivity contribution in [1.29, 1.82) is 0 Å². The Labute approximate surface area is 113 Å². The molecular formula is C12H15ClN2O2S. The number of sulfonamides is 1. The monoisotopic (exact) mass is 286 g/mol. The van der Waals surface area contributed by atoms with Crippen LogP contribution in [0.4, 0.5) is 5.69 Å². The van der Waals surface area contributed by atoms with E-state index in [4.69, 9.17) is 23.8 Å². The Bertz CT molecular complexity index is 564. The number of hydrogen-bond acceptors (Lipinski definition) is 3. The van der Waals surface area contributed by atoms with Gasteiger partial charge in [-0.15, -0.1) is 6.42 Å². The highest BCUT2D eigenvalue weighted by molar-refractivity contribution is 7.89. The number of terminal acetylenes is 1. The molecule has 0 unspecified atom stereocenters. The Morgan fingerprint density at radius 3 is 2.67 bits per heavy atom. The average Bonchev–Trinajstić information content (AvgIpc) is 2.32. The maximum atomic E-state index is 12.3. The van der Waals surface area contributed by atoms with E-state index in [1.54, 1.807) is 0 Å². The summed E-state index contributed by atoms with van der Waals surface area (Å²) in [6.07, 6.45) is 5.87. The zero-order valence-corrected chi connectivity index (χ0v) is 11.6. The molecule has 1 rings (SSSR count). The molecule has 0 aliphatic carbocycles. The molecule has 1 aromatic carbocycles. The van der Waals surface area contributed by atoms with E-state index in [-0.39, 0.29) is 17.1 Å². The maximum absolute atomic E-state index is 12.3. The summed E-state index contributed by atoms with van der Waals surface area (Å²) in [6, 6.07) is 4.23. The van der Waals surface area contributed by atoms with Crippen LogP contribution < -0.4 is 5.73 Å². The van der Waals surface area contributed by atoms with Gasteiger partial charge in [-0.3, -0.25) is 0 Å². The molecule has 0 aromatic heterocycles. The number of anilines is 1. The Morgan fingerprint density at radius 2 is 2.17 bits per heavy atom. The summed E-state index contributed by atoms with van der Waals surface area (Å²) in [6.45, 7) is 2.29. The lowest BCUT2D eigenvalue weighted by molar-refractivity contribution is 0.445. The number of nitrogen functional groups attached to an aromatic ring is 1. The van der Waals surface area contributed by atoms with E-state index in [0.717, 1.165) is 0 Å². The lowest BCUT2D eigenvalue weighted by Crippen LogP contribution is -2.32. The molecule has 0 radical (unpaired) electrons. The molecule has 1 aromatic rings. The van der Waals surface area contributed by atoms with Crippen LogP contribution in [0.15, 0.2) is 23.1 Å². The lowest BCUT2D eigenvalue weighted by Gasteiger charge is -2.19. The zero-order valence-electron chi connectivity index (χ0n) is 10.1. The minimum atomic E-state index is -3.61. The lowest BCUT2D eigenvalue weighted by atomic mass is 10.3. The van der Waals surface area contributed by atoms with Crippen molar-refractivity contribution in [1.82, 2.24) is 4.31 Å². The first-order valence-corrected chi connectivity index (χ1v) is 7.24. The van der Waals surface area contributed by atoms with Gasteiger partial charge in [0.1, 0.15) is 0 Å². The van der Waals surface area contributed by atoms with Crippen molar-refractivity contribution >= 4 is 27.3 Å². The van der Waals surface area contributed by atoms with Crippen molar-refractivity contribution in [3.05, 3.63) is 23.2 Å². The van der Waals surface area contributed by atoms with Crippen LogP contribution in [-0.2, 0) is 10.0 Å². The first-order valence-electron chi connectivity index (χ1n) is 5.42. The second kappa shape index (κ2) is 6.10. The SMILES string of the molecule is C#CCN(CCC)S(=O)(=O)c1ccc(Cl)c(N)c1. The molecule has 0 heterocycles. The smallest absolute Gasteiger partial charge is 0.244 e. The third-order valence-corrected chi connectivity index (χ3v) is 4.53. The third kappa shape index (κ3) is 3.16. The van der Waals surface area contributed by atoms with Crippen LogP contribution in [0.2, 0.25) is 5.02 Å². The molecule has 18 heavy (non-hydrogen) atoms. The molecule has 0 saturated carbocycles. The molecule has 0 aliphatic rings. The predicted molar refractivity (Wildman–Crippen MR) is 73.7 cm³/mol. The van der Waals surface area contributed by atoms with Gasteiger partial charge in [0, 0.05) is 6.54 Å². The topological polar surface area (TPSA) is 63.4 Å². The van der Waals surface area contributed by atoms with Gasteiger partial charge in [0.05, 0.1) is 22.2 Å². The van der Waals surface area contributed by atoms with Gasteiger partial charge >= 0.3 is 0 Å². The second-order valence-corrected chi connectivity index (χ2v) is 6.07. The van der Waals surface area contributed by atoms with E-state index in [9.17, 15) is 8.42 Å². The van der Waals surface area contributed by atoms with E-state index >= 15 is 0 Å². The fourth-order valence-corrected chi connectivity index (χ4v) is 3.07. The minimum Gasteiger partial charge on any atom is -0.397 e. The number of benzene rings is 1. The normalized spacial score (nSPS) is 11.4. The van der Waals surface area contributed by atoms with Crippen LogP contribution >= 0.6 is 11.6 Å². The quantitative estimate of drug-likeness (QED) is 0.665. The van der Waals surface area contributed by atoms with Crippen LogP contribution in [0.25, 0.3) is 0 Å². The van der Waals surface area contributed by atoms with Gasteiger partial charge in [0.2, 0.25) is 10.0 Å². The Kier molecular flexibility index (Phi) is 5.03. The number of halogens is 1. The molecule has 0 spiro atoms. The van der Waals surface area contributed by atoms with Gasteiger partial charge in [-0.25, -0.2) is 8.42 Å². The number of hydrogen-bond donors (Lipinski definition) is 1. The number of rotatable bonds is 5. The highest BCUT2D eigenvalue weighted by atomic mass is 35.5. The minimum absolute atomic E-state index is 0.0404. The second-order valence-electron chi connectivity index (χ2n) is 3.73. The fourth-order valence-electron chi connectivity index (χ4n) is 1.47. The van der Waals surface area contributed by atoms with Crippen molar-refractivity contribution in [3.63, 3.8) is 0 Å². The summed E-state index contributed by atoms with van der Waals surface area (Å²) in [5.74, 6) is 2.34. The molecule has 2 N–H and O–H groups in total. The number of nitrogens with zero attached hydrogens (tertiary/aromatic N) is 1. The van der Waals surface area contributed by atoms with Crippen LogP contribution in [0, 0.1) is 12.3 Å². The predicted octanol–water partition coefficient (Wildman–Crippen LogP) is 1.96. The summed E-state index contributed by atoms with van der Waals surface area (Å²) in [5, 5.41) is 0.327. The Balaban J connectivity index is 3.18. The summed E-state index contributed by atoms with van der Waals surface area (Å²) < 4.78 is 25.9. The van der Waals surface area contributed by atoms with Crippen molar-refractivity contribution in [2.75, 3.05) is 18.8 Å². The molecule has 98 valence electrons. The van der Waals surface area contributed by atoms with Crippen LogP contribution in [-0.4, -0.2) is 25.8 Å². The van der Waals surface area contributed by atoms with Gasteiger partial charge < -0.3 is 5.73 Å². The van der Waals surface area contributed by atoms with E-state index in [0.29, 0.717) is 18.0 Å². The van der Waals surface area contributed by atoms with Gasteiger partial charge in [0.25, 0.3) is 0 Å². The average molecular weight is 287 g/mol. The third-order valence-electron chi connectivity index (χ3n) is 2.35. The molecule has 6 heteroatoms. The van der Waals surface area contributed by atoms with Gasteiger partial charge in [-0.1, -0.05) is 24.4 Å². The van der Waals surface area contributed by atoms with E-state index in [2.05, 4.69) is 5.92 Å². The standard InChI is InChI=1S/C12H15ClN2O2S/c1-3-7-15(8-4-2)18(16,17)10-5-6-11(13)12(14)9-10/h1,5-6,9H,4,7-8,14H2,2H3. The highest BCUT2D eigenvalue weighted by Gasteiger charge is 2.23. The summed E-state index contributed by atoms with van der Waals surface area (Å²) in [4.78, 5) is 0.105. The van der Waals surface area contributed by atoms with Gasteiger partial charge in [-0.05, 0) is 24.6 Å². The van der Waals surface area contributed by atoms with Crippen molar-refractivity contribution in [2.24, 2.45) is 0 Å². The van der Waals surface area contributed by atoms with Gasteiger partial charge in [-0.2, -0.15) is 4.31 Å². The van der Waals surface area contributed by atoms with Crippen LogP contribution in [0.1, 0.15) is 13.3 Å². The van der Waals surface area contributed by atoms with Crippen molar-refractivity contribution < 1.29 is 8.42 Å². The summed E-state index contributed by atoms with van der Waals surface area (Å²) in [5.41, 5.74) is 5.84. The van der Waals surface area contributed by atoms with E-state index in [1.807, 2.05) is 6.92 Å². The molecule has 0 atom stereocenters. The molecule has 0 bridgehead atoms. The van der Waals surface area contributed by atoms with E-state index < -0.39 is 10.0 Å². The zero-order chi connectivity index (χ0) is 13.8. The molecule has 0 fully saturated rings. The summed E-state index contributed by atoms with van der Waals surface area (Å²) in [7, 11) is -3.61. The maximum Gasteiger partial charge on any atom is 0.244 e. The molecule has 0 amide bonds. The highest BCUT2D eigenvalue weighted by Crippen LogP contribution is 2.24. The van der Waals surface area contributed by atoms with Gasteiger partial charge in [0.15, 0.2) is 0 Å². The molecule has 0 saturated heterocycles. The Hall–Kier alpha value is -1.22. The van der Waals surface area contributed by atoms with E-state index in [1.165, 1.54) is 22.5 Å². The first kappa shape index (κ1) is 14.8. The van der Waals surface area contributed by atoms with Crippen molar-refractivity contribution in [3.8, 4) is 12.3 Å². The van der Waals surface area contributed by atoms with Crippen LogP contribution in [0.3, 0.4) is 0 Å². The molecule has 0 aliphatic heterocycles. The Morgan fingerprint density at radius 1 is 1.50 bits per heavy atom. The van der Waals surface area contributed by atoms with Crippen molar-refractivity contribution in [2.45, 2.75) is 18.2 Å².